The monoisotopic (exact) mass is 234 g/mol. The van der Waals surface area contributed by atoms with Crippen LogP contribution in [0.25, 0.3) is 0 Å². The fraction of sp³-hybridized carbons (Fsp3) is 0.462. The molecular weight excluding hydrogens is 216 g/mol. The van der Waals surface area contributed by atoms with Gasteiger partial charge in [-0.3, -0.25) is 4.79 Å². The van der Waals surface area contributed by atoms with Crippen molar-refractivity contribution in [3.63, 3.8) is 0 Å². The molecule has 2 rings (SSSR count). The van der Waals surface area contributed by atoms with E-state index in [1.165, 1.54) is 4.90 Å². The van der Waals surface area contributed by atoms with Gasteiger partial charge in [0.15, 0.2) is 6.23 Å². The molecule has 0 fully saturated rings. The van der Waals surface area contributed by atoms with Crippen molar-refractivity contribution in [3.8, 4) is 0 Å². The van der Waals surface area contributed by atoms with Gasteiger partial charge < -0.3 is 14.9 Å². The zero-order valence-electron chi connectivity index (χ0n) is 10.3. The van der Waals surface area contributed by atoms with Crippen LogP contribution in [0.5, 0.6) is 0 Å². The van der Waals surface area contributed by atoms with Crippen molar-refractivity contribution in [1.82, 2.24) is 9.80 Å². The quantitative estimate of drug-likeness (QED) is 0.848. The summed E-state index contributed by atoms with van der Waals surface area (Å²) in [5, 5.41) is 10.1. The summed E-state index contributed by atoms with van der Waals surface area (Å²) in [5.74, 6) is -0.0631. The summed E-state index contributed by atoms with van der Waals surface area (Å²) in [4.78, 5) is 15.6. The Morgan fingerprint density at radius 1 is 1.35 bits per heavy atom. The predicted molar refractivity (Wildman–Crippen MR) is 65.6 cm³/mol. The third kappa shape index (κ3) is 2.33. The lowest BCUT2D eigenvalue weighted by Gasteiger charge is -2.21. The van der Waals surface area contributed by atoms with Crippen molar-refractivity contribution in [2.24, 2.45) is 0 Å². The van der Waals surface area contributed by atoms with Crippen molar-refractivity contribution in [2.45, 2.75) is 12.6 Å². The van der Waals surface area contributed by atoms with Crippen LogP contribution in [0.1, 0.15) is 28.6 Å². The normalized spacial score (nSPS) is 18.9. The zero-order chi connectivity index (χ0) is 12.4. The minimum atomic E-state index is -0.777. The largest absolute Gasteiger partial charge is 0.369 e. The predicted octanol–water partition coefficient (Wildman–Crippen LogP) is 1.08. The third-order valence-corrected chi connectivity index (χ3v) is 3.03. The van der Waals surface area contributed by atoms with E-state index in [4.69, 9.17) is 0 Å². The first kappa shape index (κ1) is 12.1. The molecule has 1 heterocycles. The first-order valence-corrected chi connectivity index (χ1v) is 5.84. The van der Waals surface area contributed by atoms with Crippen LogP contribution < -0.4 is 0 Å². The van der Waals surface area contributed by atoms with E-state index in [0.717, 1.165) is 18.5 Å². The average molecular weight is 234 g/mol. The summed E-state index contributed by atoms with van der Waals surface area (Å²) in [7, 11) is 3.99. The van der Waals surface area contributed by atoms with Crippen LogP contribution >= 0.6 is 0 Å². The molecule has 4 nitrogen and oxygen atoms in total. The molecule has 0 bridgehead atoms. The first-order chi connectivity index (χ1) is 8.11. The van der Waals surface area contributed by atoms with E-state index in [2.05, 4.69) is 4.90 Å². The topological polar surface area (TPSA) is 43.8 Å². The number of hydrogen-bond donors (Lipinski definition) is 1. The maximum atomic E-state index is 12.0. The Kier molecular flexibility index (Phi) is 3.45. The van der Waals surface area contributed by atoms with Gasteiger partial charge in [0, 0.05) is 17.7 Å². The third-order valence-electron chi connectivity index (χ3n) is 3.03. The number of nitrogens with zero attached hydrogens (tertiary/aromatic N) is 2. The fourth-order valence-electron chi connectivity index (χ4n) is 2.13. The second kappa shape index (κ2) is 4.85. The number of rotatable bonds is 4. The minimum absolute atomic E-state index is 0.0631. The molecule has 92 valence electrons. The molecule has 0 saturated carbocycles. The molecule has 1 aromatic rings. The van der Waals surface area contributed by atoms with Crippen LogP contribution in [-0.4, -0.2) is 48.0 Å². The van der Waals surface area contributed by atoms with Gasteiger partial charge >= 0.3 is 0 Å². The molecule has 0 radical (unpaired) electrons. The molecule has 1 aromatic carbocycles. The van der Waals surface area contributed by atoms with Gasteiger partial charge in [0.1, 0.15) is 0 Å². The molecular formula is C13H18N2O2. The summed E-state index contributed by atoms with van der Waals surface area (Å²) in [6.07, 6.45) is 0.0879. The molecule has 0 saturated heterocycles. The van der Waals surface area contributed by atoms with Crippen LogP contribution in [0.3, 0.4) is 0 Å². The van der Waals surface area contributed by atoms with E-state index in [9.17, 15) is 9.90 Å². The van der Waals surface area contributed by atoms with E-state index in [-0.39, 0.29) is 5.91 Å². The zero-order valence-corrected chi connectivity index (χ0v) is 10.3. The Bertz CT molecular complexity index is 418. The molecule has 1 aliphatic rings. The van der Waals surface area contributed by atoms with Crippen molar-refractivity contribution in [1.29, 1.82) is 0 Å². The second-order valence-corrected chi connectivity index (χ2v) is 4.62. The summed E-state index contributed by atoms with van der Waals surface area (Å²) in [5.41, 5.74) is 1.35. The Balaban J connectivity index is 2.05. The highest BCUT2D eigenvalue weighted by Crippen LogP contribution is 2.31. The molecule has 0 aliphatic carbocycles. The number of hydrogen-bond acceptors (Lipinski definition) is 3. The summed E-state index contributed by atoms with van der Waals surface area (Å²) >= 11 is 0. The molecule has 4 heteroatoms. The van der Waals surface area contributed by atoms with Gasteiger partial charge in [-0.2, -0.15) is 0 Å². The summed E-state index contributed by atoms with van der Waals surface area (Å²) in [6.45, 7) is 1.50. The number of carbonyl (C=O) groups excluding carboxylic acids is 1. The highest BCUT2D eigenvalue weighted by atomic mass is 16.3. The Morgan fingerprint density at radius 2 is 2.06 bits per heavy atom. The van der Waals surface area contributed by atoms with Crippen LogP contribution in [0.2, 0.25) is 0 Å². The molecule has 0 spiro atoms. The molecule has 1 N–H and O–H groups in total. The highest BCUT2D eigenvalue weighted by Gasteiger charge is 2.34. The van der Waals surface area contributed by atoms with E-state index >= 15 is 0 Å². The lowest BCUT2D eigenvalue weighted by molar-refractivity contribution is 0.0165. The van der Waals surface area contributed by atoms with E-state index < -0.39 is 6.23 Å². The Labute approximate surface area is 101 Å². The molecule has 1 unspecified atom stereocenters. The number of carbonyl (C=O) groups is 1. The number of benzene rings is 1. The first-order valence-electron chi connectivity index (χ1n) is 5.84. The summed E-state index contributed by atoms with van der Waals surface area (Å²) in [6, 6.07) is 7.25. The van der Waals surface area contributed by atoms with E-state index in [1.807, 2.05) is 32.3 Å². The Morgan fingerprint density at radius 3 is 2.71 bits per heavy atom. The van der Waals surface area contributed by atoms with Crippen molar-refractivity contribution >= 4 is 5.91 Å². The minimum Gasteiger partial charge on any atom is -0.369 e. The van der Waals surface area contributed by atoms with Crippen molar-refractivity contribution in [2.75, 3.05) is 27.2 Å². The Hall–Kier alpha value is -1.39. The smallest absolute Gasteiger partial charge is 0.256 e. The maximum absolute atomic E-state index is 12.0. The standard InChI is InChI=1S/C13H18N2O2/c1-14(2)8-5-9-15-12(16)10-6-3-4-7-11(10)13(15)17/h3-4,6-7,12,16H,5,8-9H2,1-2H3. The fourth-order valence-corrected chi connectivity index (χ4v) is 2.13. The maximum Gasteiger partial charge on any atom is 0.256 e. The molecule has 0 aromatic heterocycles. The number of amides is 1. The van der Waals surface area contributed by atoms with E-state index in [0.29, 0.717) is 12.1 Å². The molecule has 1 aliphatic heterocycles. The van der Waals surface area contributed by atoms with E-state index in [1.54, 1.807) is 6.07 Å². The molecule has 17 heavy (non-hydrogen) atoms. The molecule has 1 amide bonds. The van der Waals surface area contributed by atoms with Gasteiger partial charge in [0.25, 0.3) is 5.91 Å². The number of fused-ring (bicyclic) bond motifs is 1. The van der Waals surface area contributed by atoms with Gasteiger partial charge in [0.2, 0.25) is 0 Å². The lowest BCUT2D eigenvalue weighted by atomic mass is 10.1. The van der Waals surface area contributed by atoms with Crippen LogP contribution in [0.15, 0.2) is 24.3 Å². The number of aliphatic hydroxyl groups excluding tert-OH is 1. The summed E-state index contributed by atoms with van der Waals surface area (Å²) < 4.78 is 0. The van der Waals surface area contributed by atoms with Crippen molar-refractivity contribution < 1.29 is 9.90 Å². The van der Waals surface area contributed by atoms with Crippen LogP contribution in [0.4, 0.5) is 0 Å². The number of aliphatic hydroxyl groups is 1. The molecule has 1 atom stereocenters. The van der Waals surface area contributed by atoms with Crippen LogP contribution in [0, 0.1) is 0 Å². The van der Waals surface area contributed by atoms with Gasteiger partial charge in [-0.05, 0) is 33.1 Å². The van der Waals surface area contributed by atoms with Gasteiger partial charge in [-0.1, -0.05) is 18.2 Å². The van der Waals surface area contributed by atoms with Gasteiger partial charge in [-0.15, -0.1) is 0 Å². The second-order valence-electron chi connectivity index (χ2n) is 4.62. The highest BCUT2D eigenvalue weighted by molar-refractivity contribution is 5.98. The SMILES string of the molecule is CN(C)CCCN1C(=O)c2ccccc2C1O. The van der Waals surface area contributed by atoms with Gasteiger partial charge in [0.05, 0.1) is 0 Å². The van der Waals surface area contributed by atoms with Crippen molar-refractivity contribution in [3.05, 3.63) is 35.4 Å². The van der Waals surface area contributed by atoms with Crippen LogP contribution in [-0.2, 0) is 0 Å². The van der Waals surface area contributed by atoms with Gasteiger partial charge in [-0.25, -0.2) is 0 Å². The lowest BCUT2D eigenvalue weighted by Crippen LogP contribution is -2.30. The average Bonchev–Trinajstić information content (AvgIpc) is 2.54.